The van der Waals surface area contributed by atoms with Gasteiger partial charge in [-0.3, -0.25) is 9.69 Å². The van der Waals surface area contributed by atoms with Crippen molar-refractivity contribution < 1.29 is 14.3 Å². The maximum Gasteiger partial charge on any atom is 0.258 e. The van der Waals surface area contributed by atoms with Gasteiger partial charge in [-0.2, -0.15) is 0 Å². The predicted octanol–water partition coefficient (Wildman–Crippen LogP) is 3.51. The van der Waals surface area contributed by atoms with Crippen molar-refractivity contribution in [2.24, 2.45) is 0 Å². The largest absolute Gasteiger partial charge is 0.484 e. The minimum atomic E-state index is -0.123. The van der Waals surface area contributed by atoms with Crippen LogP contribution in [0.3, 0.4) is 0 Å². The number of carbonyl (C=O) groups is 1. The number of nitrogens with one attached hydrogen (secondary N) is 1. The van der Waals surface area contributed by atoms with E-state index in [2.05, 4.69) is 55.3 Å². The molecule has 2 aromatic rings. The van der Waals surface area contributed by atoms with Gasteiger partial charge in [-0.1, -0.05) is 57.2 Å². The lowest BCUT2D eigenvalue weighted by Crippen LogP contribution is -2.35. The van der Waals surface area contributed by atoms with Gasteiger partial charge in [-0.15, -0.1) is 0 Å². The zero-order valence-corrected chi connectivity index (χ0v) is 17.7. The van der Waals surface area contributed by atoms with Crippen LogP contribution in [0.4, 0.5) is 0 Å². The molecule has 5 nitrogen and oxygen atoms in total. The summed E-state index contributed by atoms with van der Waals surface area (Å²) in [6.07, 6.45) is 0. The molecule has 0 radical (unpaired) electrons. The first-order chi connectivity index (χ1) is 13.9. The SMILES string of the molecule is CC(C)(C)c1ccc(OCC(=O)NCc2ccc(CN3CCOCC3)cc2)cc1. The standard InChI is InChI=1S/C24H32N2O3/c1-24(2,3)21-8-10-22(11-9-21)29-18-23(27)25-16-19-4-6-20(7-5-19)17-26-12-14-28-15-13-26/h4-11H,12-18H2,1-3H3,(H,25,27). The van der Waals surface area contributed by atoms with Crippen LogP contribution in [0, 0.1) is 0 Å². The van der Waals surface area contributed by atoms with Gasteiger partial charge in [0, 0.05) is 26.2 Å². The van der Waals surface area contributed by atoms with Gasteiger partial charge in [-0.05, 0) is 34.2 Å². The van der Waals surface area contributed by atoms with E-state index >= 15 is 0 Å². The Morgan fingerprint density at radius 2 is 1.62 bits per heavy atom. The molecule has 1 heterocycles. The summed E-state index contributed by atoms with van der Waals surface area (Å²) in [5.41, 5.74) is 3.71. The third kappa shape index (κ3) is 6.87. The first kappa shape index (κ1) is 21.3. The molecular weight excluding hydrogens is 364 g/mol. The number of amides is 1. The Bertz CT molecular complexity index is 773. The fraction of sp³-hybridized carbons (Fsp3) is 0.458. The Labute approximate surface area is 174 Å². The van der Waals surface area contributed by atoms with Crippen molar-refractivity contribution in [1.29, 1.82) is 0 Å². The first-order valence-electron chi connectivity index (χ1n) is 10.3. The van der Waals surface area contributed by atoms with Gasteiger partial charge in [-0.25, -0.2) is 0 Å². The average molecular weight is 397 g/mol. The maximum absolute atomic E-state index is 12.1. The van der Waals surface area contributed by atoms with E-state index in [1.807, 2.05) is 24.3 Å². The van der Waals surface area contributed by atoms with Gasteiger partial charge in [0.1, 0.15) is 5.75 Å². The number of nitrogens with zero attached hydrogens (tertiary/aromatic N) is 1. The predicted molar refractivity (Wildman–Crippen MR) is 115 cm³/mol. The zero-order chi connectivity index (χ0) is 20.7. The van der Waals surface area contributed by atoms with E-state index in [0.717, 1.165) is 38.4 Å². The van der Waals surface area contributed by atoms with E-state index in [1.165, 1.54) is 11.1 Å². The minimum absolute atomic E-state index is 0.0178. The number of hydrogen-bond acceptors (Lipinski definition) is 4. The Balaban J connectivity index is 1.39. The molecule has 0 aliphatic carbocycles. The highest BCUT2D eigenvalue weighted by Crippen LogP contribution is 2.24. The van der Waals surface area contributed by atoms with E-state index in [4.69, 9.17) is 9.47 Å². The molecule has 29 heavy (non-hydrogen) atoms. The average Bonchev–Trinajstić information content (AvgIpc) is 2.72. The van der Waals surface area contributed by atoms with Gasteiger partial charge in [0.05, 0.1) is 13.2 Å². The Hall–Kier alpha value is -2.37. The van der Waals surface area contributed by atoms with Gasteiger partial charge in [0.2, 0.25) is 0 Å². The third-order valence-electron chi connectivity index (χ3n) is 5.11. The molecule has 1 aliphatic rings. The van der Waals surface area contributed by atoms with E-state index in [1.54, 1.807) is 0 Å². The lowest BCUT2D eigenvalue weighted by atomic mass is 9.87. The van der Waals surface area contributed by atoms with Crippen LogP contribution in [-0.4, -0.2) is 43.7 Å². The van der Waals surface area contributed by atoms with Crippen LogP contribution in [0.5, 0.6) is 5.75 Å². The van der Waals surface area contributed by atoms with Crippen molar-refractivity contribution >= 4 is 5.91 Å². The lowest BCUT2D eigenvalue weighted by Gasteiger charge is -2.26. The molecule has 2 aromatic carbocycles. The normalized spacial score (nSPS) is 15.1. The molecule has 1 N–H and O–H groups in total. The van der Waals surface area contributed by atoms with Crippen LogP contribution in [0.1, 0.15) is 37.5 Å². The molecule has 1 fully saturated rings. The fourth-order valence-electron chi connectivity index (χ4n) is 3.23. The highest BCUT2D eigenvalue weighted by Gasteiger charge is 2.13. The molecule has 0 spiro atoms. The Morgan fingerprint density at radius 3 is 2.24 bits per heavy atom. The summed E-state index contributed by atoms with van der Waals surface area (Å²) in [6, 6.07) is 16.3. The Kier molecular flexibility index (Phi) is 7.29. The summed E-state index contributed by atoms with van der Waals surface area (Å²) in [4.78, 5) is 14.5. The second-order valence-electron chi connectivity index (χ2n) is 8.54. The third-order valence-corrected chi connectivity index (χ3v) is 5.11. The van der Waals surface area contributed by atoms with E-state index < -0.39 is 0 Å². The van der Waals surface area contributed by atoms with Crippen LogP contribution >= 0.6 is 0 Å². The van der Waals surface area contributed by atoms with E-state index in [9.17, 15) is 4.79 Å². The molecule has 0 atom stereocenters. The number of rotatable bonds is 7. The van der Waals surface area contributed by atoms with Gasteiger partial charge >= 0.3 is 0 Å². The van der Waals surface area contributed by atoms with E-state index in [-0.39, 0.29) is 17.9 Å². The van der Waals surface area contributed by atoms with Crippen LogP contribution in [-0.2, 0) is 28.0 Å². The number of carbonyl (C=O) groups excluding carboxylic acids is 1. The molecule has 1 saturated heterocycles. The van der Waals surface area contributed by atoms with E-state index in [0.29, 0.717) is 12.3 Å². The lowest BCUT2D eigenvalue weighted by molar-refractivity contribution is -0.123. The molecule has 1 amide bonds. The number of benzene rings is 2. The molecule has 0 saturated carbocycles. The fourth-order valence-corrected chi connectivity index (χ4v) is 3.23. The van der Waals surface area contributed by atoms with Crippen molar-refractivity contribution in [2.75, 3.05) is 32.9 Å². The van der Waals surface area contributed by atoms with Crippen molar-refractivity contribution in [3.8, 4) is 5.75 Å². The summed E-state index contributed by atoms with van der Waals surface area (Å²) in [5.74, 6) is 0.586. The molecule has 5 heteroatoms. The van der Waals surface area contributed by atoms with Crippen LogP contribution in [0.25, 0.3) is 0 Å². The number of morpholine rings is 1. The topological polar surface area (TPSA) is 50.8 Å². The van der Waals surface area contributed by atoms with Crippen molar-refractivity contribution in [1.82, 2.24) is 10.2 Å². The molecular formula is C24H32N2O3. The molecule has 3 rings (SSSR count). The smallest absolute Gasteiger partial charge is 0.258 e. The monoisotopic (exact) mass is 396 g/mol. The summed E-state index contributed by atoms with van der Waals surface area (Å²) >= 11 is 0. The quantitative estimate of drug-likeness (QED) is 0.778. The summed E-state index contributed by atoms with van der Waals surface area (Å²) in [6.45, 7) is 11.6. The zero-order valence-electron chi connectivity index (χ0n) is 17.7. The Morgan fingerprint density at radius 1 is 1.00 bits per heavy atom. The van der Waals surface area contributed by atoms with Crippen LogP contribution in [0.15, 0.2) is 48.5 Å². The second kappa shape index (κ2) is 9.90. The molecule has 0 bridgehead atoms. The molecule has 0 unspecified atom stereocenters. The van der Waals surface area contributed by atoms with Crippen molar-refractivity contribution in [2.45, 2.75) is 39.3 Å². The van der Waals surface area contributed by atoms with Crippen molar-refractivity contribution in [3.05, 3.63) is 65.2 Å². The molecule has 1 aliphatic heterocycles. The number of hydrogen-bond donors (Lipinski definition) is 1. The summed E-state index contributed by atoms with van der Waals surface area (Å²) in [5, 5.41) is 2.91. The highest BCUT2D eigenvalue weighted by molar-refractivity contribution is 5.77. The van der Waals surface area contributed by atoms with Crippen LogP contribution < -0.4 is 10.1 Å². The van der Waals surface area contributed by atoms with Gasteiger partial charge < -0.3 is 14.8 Å². The minimum Gasteiger partial charge on any atom is -0.484 e. The molecule has 0 aromatic heterocycles. The van der Waals surface area contributed by atoms with Gasteiger partial charge in [0.25, 0.3) is 5.91 Å². The van der Waals surface area contributed by atoms with Gasteiger partial charge in [0.15, 0.2) is 6.61 Å². The summed E-state index contributed by atoms with van der Waals surface area (Å²) in [7, 11) is 0. The second-order valence-corrected chi connectivity index (χ2v) is 8.54. The molecule has 156 valence electrons. The maximum atomic E-state index is 12.1. The highest BCUT2D eigenvalue weighted by atomic mass is 16.5. The summed E-state index contributed by atoms with van der Waals surface area (Å²) < 4.78 is 11.0. The first-order valence-corrected chi connectivity index (χ1v) is 10.3. The number of ether oxygens (including phenoxy) is 2. The van der Waals surface area contributed by atoms with Crippen molar-refractivity contribution in [3.63, 3.8) is 0 Å². The van der Waals surface area contributed by atoms with Crippen LogP contribution in [0.2, 0.25) is 0 Å².